The Kier molecular flexibility index (Phi) is 3.43. The van der Waals surface area contributed by atoms with E-state index in [0.717, 1.165) is 27.7 Å². The minimum absolute atomic E-state index is 0.478. The van der Waals surface area contributed by atoms with Crippen molar-refractivity contribution in [3.8, 4) is 0 Å². The van der Waals surface area contributed by atoms with Crippen LogP contribution in [0, 0.1) is 5.92 Å². The molecular weight excluding hydrogens is 274 g/mol. The summed E-state index contributed by atoms with van der Waals surface area (Å²) in [5, 5.41) is 2.41. The summed E-state index contributed by atoms with van der Waals surface area (Å²) in [6.07, 6.45) is 3.55. The second kappa shape index (κ2) is 4.94. The van der Waals surface area contributed by atoms with Crippen LogP contribution in [0.25, 0.3) is 10.2 Å². The fraction of sp³-hybridized carbons (Fsp3) is 0.571. The molecule has 2 N–H and O–H groups in total. The number of aromatic nitrogens is 2. The number of rotatable bonds is 2. The van der Waals surface area contributed by atoms with Gasteiger partial charge in [0.15, 0.2) is 5.16 Å². The van der Waals surface area contributed by atoms with Crippen LogP contribution in [0.15, 0.2) is 5.16 Å². The summed E-state index contributed by atoms with van der Waals surface area (Å²) in [4.78, 5) is 11.7. The van der Waals surface area contributed by atoms with Gasteiger partial charge < -0.3 is 5.73 Å². The monoisotopic (exact) mass is 293 g/mol. The highest BCUT2D eigenvalue weighted by Crippen LogP contribution is 2.40. The molecule has 0 aliphatic heterocycles. The van der Waals surface area contributed by atoms with E-state index in [1.54, 1.807) is 11.8 Å². The number of hydrogen-bond acceptors (Lipinski definition) is 5. The Morgan fingerprint density at radius 3 is 2.89 bits per heavy atom. The lowest BCUT2D eigenvalue weighted by Crippen LogP contribution is -2.09. The third-order valence-corrected chi connectivity index (χ3v) is 5.52. The maximum Gasteiger partial charge on any atom is 0.191 e. The van der Waals surface area contributed by atoms with Gasteiger partial charge >= 0.3 is 0 Å². The molecule has 0 saturated carbocycles. The Morgan fingerprint density at radius 2 is 2.16 bits per heavy atom. The number of nitrogen functional groups attached to an aromatic ring is 1. The first-order valence-electron chi connectivity index (χ1n) is 6.79. The largest absolute Gasteiger partial charge is 0.383 e. The molecule has 0 saturated heterocycles. The van der Waals surface area contributed by atoms with Crippen LogP contribution in [-0.4, -0.2) is 15.2 Å². The van der Waals surface area contributed by atoms with Gasteiger partial charge in [-0.1, -0.05) is 32.5 Å². The molecule has 2 aromatic rings. The minimum atomic E-state index is 0.478. The number of thiophene rings is 1. The van der Waals surface area contributed by atoms with Gasteiger partial charge in [-0.25, -0.2) is 9.97 Å². The molecule has 1 aliphatic rings. The fourth-order valence-corrected chi connectivity index (χ4v) is 4.78. The Labute approximate surface area is 122 Å². The molecule has 2 aromatic heterocycles. The zero-order chi connectivity index (χ0) is 13.6. The summed E-state index contributed by atoms with van der Waals surface area (Å²) in [6.45, 7) is 6.62. The highest BCUT2D eigenvalue weighted by molar-refractivity contribution is 7.99. The second-order valence-electron chi connectivity index (χ2n) is 5.59. The summed E-state index contributed by atoms with van der Waals surface area (Å²) >= 11 is 3.49. The third-order valence-electron chi connectivity index (χ3n) is 3.50. The number of nitrogens with zero attached hydrogens (tertiary/aromatic N) is 2. The Hall–Kier alpha value is -0.810. The summed E-state index contributed by atoms with van der Waals surface area (Å²) < 4.78 is 0. The molecule has 3 rings (SSSR count). The lowest BCUT2D eigenvalue weighted by molar-refractivity contribution is 0.509. The zero-order valence-corrected chi connectivity index (χ0v) is 13.2. The molecule has 5 heteroatoms. The van der Waals surface area contributed by atoms with Crippen LogP contribution in [-0.2, 0) is 12.8 Å². The van der Waals surface area contributed by atoms with Crippen molar-refractivity contribution >= 4 is 39.1 Å². The summed E-state index contributed by atoms with van der Waals surface area (Å²) in [6, 6.07) is 0. The van der Waals surface area contributed by atoms with Gasteiger partial charge in [-0.2, -0.15) is 0 Å². The average molecular weight is 293 g/mol. The van der Waals surface area contributed by atoms with E-state index in [1.807, 2.05) is 11.3 Å². The van der Waals surface area contributed by atoms with Crippen molar-refractivity contribution in [2.75, 3.05) is 5.73 Å². The molecule has 0 radical (unpaired) electrons. The predicted molar refractivity (Wildman–Crippen MR) is 84.0 cm³/mol. The van der Waals surface area contributed by atoms with Gasteiger partial charge in [-0.15, -0.1) is 11.3 Å². The normalized spacial score (nSPS) is 19.1. The minimum Gasteiger partial charge on any atom is -0.383 e. The van der Waals surface area contributed by atoms with Crippen molar-refractivity contribution in [1.29, 1.82) is 0 Å². The first-order chi connectivity index (χ1) is 9.04. The van der Waals surface area contributed by atoms with Crippen LogP contribution in [0.3, 0.4) is 0 Å². The SMILES string of the molecule is CC1CCc2c(sc3nc(SC(C)C)nc(N)c23)C1. The van der Waals surface area contributed by atoms with Gasteiger partial charge in [0.25, 0.3) is 0 Å². The molecule has 0 aromatic carbocycles. The smallest absolute Gasteiger partial charge is 0.191 e. The lowest BCUT2D eigenvalue weighted by atomic mass is 9.89. The highest BCUT2D eigenvalue weighted by atomic mass is 32.2. The number of aryl methyl sites for hydroxylation is 1. The second-order valence-corrected chi connectivity index (χ2v) is 8.22. The zero-order valence-electron chi connectivity index (χ0n) is 11.6. The van der Waals surface area contributed by atoms with Gasteiger partial charge in [-0.05, 0) is 30.7 Å². The van der Waals surface area contributed by atoms with E-state index < -0.39 is 0 Å². The van der Waals surface area contributed by atoms with E-state index in [-0.39, 0.29) is 0 Å². The van der Waals surface area contributed by atoms with Crippen LogP contribution in [0.5, 0.6) is 0 Å². The molecule has 102 valence electrons. The molecule has 0 spiro atoms. The van der Waals surface area contributed by atoms with E-state index in [9.17, 15) is 0 Å². The van der Waals surface area contributed by atoms with Crippen molar-refractivity contribution in [1.82, 2.24) is 9.97 Å². The molecule has 0 amide bonds. The van der Waals surface area contributed by atoms with E-state index >= 15 is 0 Å². The average Bonchev–Trinajstić information content (AvgIpc) is 2.65. The molecule has 2 heterocycles. The number of anilines is 1. The van der Waals surface area contributed by atoms with Gasteiger partial charge in [0.1, 0.15) is 10.6 Å². The summed E-state index contributed by atoms with van der Waals surface area (Å²) in [5.74, 6) is 1.44. The van der Waals surface area contributed by atoms with Crippen LogP contribution in [0.4, 0.5) is 5.82 Å². The number of hydrogen-bond donors (Lipinski definition) is 1. The Bertz CT molecular complexity index is 619. The van der Waals surface area contributed by atoms with E-state index in [1.165, 1.54) is 23.3 Å². The van der Waals surface area contributed by atoms with Crippen molar-refractivity contribution in [3.63, 3.8) is 0 Å². The third kappa shape index (κ3) is 2.46. The maximum absolute atomic E-state index is 6.18. The van der Waals surface area contributed by atoms with Gasteiger partial charge in [0.05, 0.1) is 5.39 Å². The fourth-order valence-electron chi connectivity index (χ4n) is 2.61. The lowest BCUT2D eigenvalue weighted by Gasteiger charge is -2.17. The topological polar surface area (TPSA) is 51.8 Å². The molecule has 3 nitrogen and oxygen atoms in total. The summed E-state index contributed by atoms with van der Waals surface area (Å²) in [7, 11) is 0. The first kappa shape index (κ1) is 13.2. The van der Waals surface area contributed by atoms with E-state index in [2.05, 4.69) is 25.8 Å². The molecule has 1 atom stereocenters. The van der Waals surface area contributed by atoms with Gasteiger partial charge in [0, 0.05) is 10.1 Å². The Balaban J connectivity index is 2.11. The number of nitrogens with two attached hydrogens (primary N) is 1. The predicted octanol–water partition coefficient (Wildman–Crippen LogP) is 3.90. The highest BCUT2D eigenvalue weighted by Gasteiger charge is 2.23. The maximum atomic E-state index is 6.18. The van der Waals surface area contributed by atoms with Crippen LogP contribution >= 0.6 is 23.1 Å². The molecule has 1 unspecified atom stereocenters. The standard InChI is InChI=1S/C14H19N3S2/c1-7(2)18-14-16-12(15)11-9-5-4-8(3)6-10(9)19-13(11)17-14/h7-8H,4-6H2,1-3H3,(H2,15,16,17). The Morgan fingerprint density at radius 1 is 1.37 bits per heavy atom. The first-order valence-corrected chi connectivity index (χ1v) is 8.48. The molecule has 1 aliphatic carbocycles. The molecular formula is C14H19N3S2. The van der Waals surface area contributed by atoms with Crippen molar-refractivity contribution < 1.29 is 0 Å². The van der Waals surface area contributed by atoms with E-state index in [4.69, 9.17) is 10.7 Å². The van der Waals surface area contributed by atoms with Crippen LogP contribution < -0.4 is 5.73 Å². The molecule has 19 heavy (non-hydrogen) atoms. The molecule has 0 fully saturated rings. The number of fused-ring (bicyclic) bond motifs is 3. The van der Waals surface area contributed by atoms with Crippen molar-refractivity contribution in [2.45, 2.75) is 50.4 Å². The van der Waals surface area contributed by atoms with Crippen molar-refractivity contribution in [2.24, 2.45) is 5.92 Å². The summed E-state index contributed by atoms with van der Waals surface area (Å²) in [5.41, 5.74) is 7.59. The quantitative estimate of drug-likeness (QED) is 0.674. The van der Waals surface area contributed by atoms with Gasteiger partial charge in [-0.3, -0.25) is 0 Å². The molecule has 0 bridgehead atoms. The van der Waals surface area contributed by atoms with E-state index in [0.29, 0.717) is 11.1 Å². The van der Waals surface area contributed by atoms with Crippen molar-refractivity contribution in [3.05, 3.63) is 10.4 Å². The van der Waals surface area contributed by atoms with Gasteiger partial charge in [0.2, 0.25) is 0 Å². The van der Waals surface area contributed by atoms with Crippen LogP contribution in [0.1, 0.15) is 37.6 Å². The number of thioether (sulfide) groups is 1. The van der Waals surface area contributed by atoms with Crippen LogP contribution in [0.2, 0.25) is 0 Å².